The molecule has 3 rings (SSSR count). The van der Waals surface area contributed by atoms with Crippen molar-refractivity contribution in [2.45, 2.75) is 51.9 Å². The van der Waals surface area contributed by atoms with Crippen LogP contribution in [0.15, 0.2) is 46.1 Å². The van der Waals surface area contributed by atoms with Gasteiger partial charge in [-0.25, -0.2) is 4.79 Å². The summed E-state index contributed by atoms with van der Waals surface area (Å²) in [4.78, 5) is 39.6. The molecule has 144 valence electrons. The Morgan fingerprint density at radius 1 is 1.19 bits per heavy atom. The number of hydrogen-bond donors (Lipinski definition) is 2. The third kappa shape index (κ3) is 5.17. The van der Waals surface area contributed by atoms with Gasteiger partial charge >= 0.3 is 5.69 Å². The molecule has 0 unspecified atom stereocenters. The number of carbonyl (C=O) groups excluding carboxylic acids is 1. The molecule has 1 aliphatic heterocycles. The van der Waals surface area contributed by atoms with E-state index in [1.54, 1.807) is 0 Å². The minimum Gasteiger partial charge on any atom is -0.350 e. The highest BCUT2D eigenvalue weighted by Crippen LogP contribution is 2.20. The molecule has 0 aliphatic carbocycles. The van der Waals surface area contributed by atoms with E-state index in [1.165, 1.54) is 41.7 Å². The standard InChI is InChI=1S/C20H26N4O3/c1-15-6-4-5-10-23(15)13-17-8-3-2-7-16(17)12-21-19(26)14-24-11-9-18(25)22-20(24)27/h2-3,7-9,11,15H,4-6,10,12-14H2,1H3,(H,21,26)(H,22,25,27)/t15-/m1/s1. The molecule has 0 bridgehead atoms. The first-order valence-corrected chi connectivity index (χ1v) is 9.40. The van der Waals surface area contributed by atoms with Crippen molar-refractivity contribution in [3.63, 3.8) is 0 Å². The summed E-state index contributed by atoms with van der Waals surface area (Å²) in [5.74, 6) is -0.273. The van der Waals surface area contributed by atoms with E-state index in [2.05, 4.69) is 28.2 Å². The van der Waals surface area contributed by atoms with E-state index < -0.39 is 11.2 Å². The van der Waals surface area contributed by atoms with E-state index in [0.29, 0.717) is 12.6 Å². The zero-order chi connectivity index (χ0) is 19.2. The molecule has 1 amide bonds. The molecule has 7 heteroatoms. The van der Waals surface area contributed by atoms with Crippen LogP contribution in [0, 0.1) is 0 Å². The van der Waals surface area contributed by atoms with E-state index in [4.69, 9.17) is 0 Å². The van der Waals surface area contributed by atoms with Gasteiger partial charge in [0, 0.05) is 31.4 Å². The molecular weight excluding hydrogens is 344 g/mol. The number of aromatic amines is 1. The average Bonchev–Trinajstić information content (AvgIpc) is 2.65. The lowest BCUT2D eigenvalue weighted by Crippen LogP contribution is -2.37. The summed E-state index contributed by atoms with van der Waals surface area (Å²) in [5, 5.41) is 2.87. The molecule has 2 heterocycles. The van der Waals surface area contributed by atoms with Crippen molar-refractivity contribution in [1.82, 2.24) is 19.8 Å². The molecule has 1 atom stereocenters. The number of amides is 1. The number of nitrogens with one attached hydrogen (secondary N) is 2. The summed E-state index contributed by atoms with van der Waals surface area (Å²) >= 11 is 0. The van der Waals surface area contributed by atoms with Crippen molar-refractivity contribution in [3.05, 3.63) is 68.5 Å². The molecule has 1 aromatic heterocycles. The van der Waals surface area contributed by atoms with E-state index in [0.717, 1.165) is 18.7 Å². The van der Waals surface area contributed by atoms with Crippen LogP contribution in [-0.4, -0.2) is 32.9 Å². The van der Waals surface area contributed by atoms with Crippen molar-refractivity contribution in [2.24, 2.45) is 0 Å². The quantitative estimate of drug-likeness (QED) is 0.801. The fourth-order valence-electron chi connectivity index (χ4n) is 3.47. The lowest BCUT2D eigenvalue weighted by atomic mass is 10.0. The molecule has 27 heavy (non-hydrogen) atoms. The minimum absolute atomic E-state index is 0.124. The summed E-state index contributed by atoms with van der Waals surface area (Å²) in [6.07, 6.45) is 5.08. The summed E-state index contributed by atoms with van der Waals surface area (Å²) in [6, 6.07) is 9.93. The predicted molar refractivity (Wildman–Crippen MR) is 103 cm³/mol. The van der Waals surface area contributed by atoms with Gasteiger partial charge < -0.3 is 5.32 Å². The molecule has 2 N–H and O–H groups in total. The van der Waals surface area contributed by atoms with Crippen molar-refractivity contribution in [1.29, 1.82) is 0 Å². The molecule has 1 fully saturated rings. The van der Waals surface area contributed by atoms with Gasteiger partial charge in [-0.3, -0.25) is 24.0 Å². The maximum absolute atomic E-state index is 12.2. The largest absolute Gasteiger partial charge is 0.350 e. The number of benzene rings is 1. The second kappa shape index (κ2) is 8.81. The van der Waals surface area contributed by atoms with Crippen molar-refractivity contribution >= 4 is 5.91 Å². The average molecular weight is 370 g/mol. The van der Waals surface area contributed by atoms with Gasteiger partial charge in [-0.05, 0) is 37.4 Å². The Morgan fingerprint density at radius 3 is 2.70 bits per heavy atom. The second-order valence-corrected chi connectivity index (χ2v) is 7.10. The topological polar surface area (TPSA) is 87.2 Å². The SMILES string of the molecule is C[C@@H]1CCCCN1Cc1ccccc1CNC(=O)Cn1ccc(=O)[nH]c1=O. The van der Waals surface area contributed by atoms with Crippen LogP contribution in [0.1, 0.15) is 37.3 Å². The third-order valence-corrected chi connectivity index (χ3v) is 5.12. The molecule has 1 saturated heterocycles. The van der Waals surface area contributed by atoms with Gasteiger partial charge in [0.2, 0.25) is 5.91 Å². The molecule has 0 saturated carbocycles. The zero-order valence-electron chi connectivity index (χ0n) is 15.6. The van der Waals surface area contributed by atoms with Gasteiger partial charge in [0.05, 0.1) is 0 Å². The Labute approximate surface area is 158 Å². The Bertz CT molecular complexity index is 902. The van der Waals surface area contributed by atoms with Crippen LogP contribution in [0.5, 0.6) is 0 Å². The fourth-order valence-corrected chi connectivity index (χ4v) is 3.47. The third-order valence-electron chi connectivity index (χ3n) is 5.12. The Kier molecular flexibility index (Phi) is 6.24. The van der Waals surface area contributed by atoms with Crippen LogP contribution in [-0.2, 0) is 24.4 Å². The number of aromatic nitrogens is 2. The Hall–Kier alpha value is -2.67. The number of piperidine rings is 1. The monoisotopic (exact) mass is 370 g/mol. The van der Waals surface area contributed by atoms with Gasteiger partial charge in [0.25, 0.3) is 5.56 Å². The molecule has 1 aromatic carbocycles. The number of nitrogens with zero attached hydrogens (tertiary/aromatic N) is 2. The smallest absolute Gasteiger partial charge is 0.328 e. The number of carbonyl (C=O) groups is 1. The Balaban J connectivity index is 1.61. The number of H-pyrrole nitrogens is 1. The molecule has 0 radical (unpaired) electrons. The first-order chi connectivity index (χ1) is 13.0. The van der Waals surface area contributed by atoms with E-state index >= 15 is 0 Å². The van der Waals surface area contributed by atoms with Gasteiger partial charge in [0.1, 0.15) is 6.54 Å². The van der Waals surface area contributed by atoms with E-state index in [9.17, 15) is 14.4 Å². The molecule has 7 nitrogen and oxygen atoms in total. The highest BCUT2D eigenvalue weighted by atomic mass is 16.2. The summed E-state index contributed by atoms with van der Waals surface area (Å²) in [7, 11) is 0. The highest BCUT2D eigenvalue weighted by Gasteiger charge is 2.19. The van der Waals surface area contributed by atoms with Gasteiger partial charge in [-0.2, -0.15) is 0 Å². The maximum atomic E-state index is 12.2. The number of rotatable bonds is 6. The molecule has 1 aliphatic rings. The minimum atomic E-state index is -0.586. The van der Waals surface area contributed by atoms with Crippen molar-refractivity contribution in [2.75, 3.05) is 6.54 Å². The summed E-state index contributed by atoms with van der Waals surface area (Å²) in [6.45, 7) is 4.55. The van der Waals surface area contributed by atoms with Crippen molar-refractivity contribution in [3.8, 4) is 0 Å². The fraction of sp³-hybridized carbons (Fsp3) is 0.450. The van der Waals surface area contributed by atoms with Crippen LogP contribution in [0.3, 0.4) is 0 Å². The molecule has 0 spiro atoms. The Morgan fingerprint density at radius 2 is 1.96 bits per heavy atom. The van der Waals surface area contributed by atoms with Gasteiger partial charge in [0.15, 0.2) is 0 Å². The maximum Gasteiger partial charge on any atom is 0.328 e. The van der Waals surface area contributed by atoms with E-state index in [-0.39, 0.29) is 12.5 Å². The number of likely N-dealkylation sites (tertiary alicyclic amines) is 1. The molecule has 2 aromatic rings. The zero-order valence-corrected chi connectivity index (χ0v) is 15.6. The second-order valence-electron chi connectivity index (χ2n) is 7.10. The summed E-state index contributed by atoms with van der Waals surface area (Å²) < 4.78 is 1.18. The van der Waals surface area contributed by atoms with Crippen LogP contribution in [0.4, 0.5) is 0 Å². The predicted octanol–water partition coefficient (Wildman–Crippen LogP) is 1.23. The number of hydrogen-bond acceptors (Lipinski definition) is 4. The van der Waals surface area contributed by atoms with Gasteiger partial charge in [-0.1, -0.05) is 30.7 Å². The lowest BCUT2D eigenvalue weighted by Gasteiger charge is -2.33. The first kappa shape index (κ1) is 19.1. The van der Waals surface area contributed by atoms with Crippen molar-refractivity contribution < 1.29 is 4.79 Å². The first-order valence-electron chi connectivity index (χ1n) is 9.40. The van der Waals surface area contributed by atoms with Crippen LogP contribution in [0.25, 0.3) is 0 Å². The normalized spacial score (nSPS) is 17.6. The van der Waals surface area contributed by atoms with Crippen LogP contribution in [0.2, 0.25) is 0 Å². The van der Waals surface area contributed by atoms with Crippen LogP contribution >= 0.6 is 0 Å². The van der Waals surface area contributed by atoms with Gasteiger partial charge in [-0.15, -0.1) is 0 Å². The lowest BCUT2D eigenvalue weighted by molar-refractivity contribution is -0.121. The highest BCUT2D eigenvalue weighted by molar-refractivity contribution is 5.75. The van der Waals surface area contributed by atoms with Crippen LogP contribution < -0.4 is 16.6 Å². The van der Waals surface area contributed by atoms with E-state index in [1.807, 2.05) is 18.2 Å². The summed E-state index contributed by atoms with van der Waals surface area (Å²) in [5.41, 5.74) is 1.24. The molecular formula is C20H26N4O3.